The second kappa shape index (κ2) is 7.80. The Labute approximate surface area is 113 Å². The van der Waals surface area contributed by atoms with E-state index in [2.05, 4.69) is 0 Å². The van der Waals surface area contributed by atoms with E-state index in [1.807, 2.05) is 0 Å². The summed E-state index contributed by atoms with van der Waals surface area (Å²) in [5.74, 6) is -0.329. The molecule has 0 aromatic rings. The van der Waals surface area contributed by atoms with Gasteiger partial charge in [-0.2, -0.15) is 0 Å². The van der Waals surface area contributed by atoms with Crippen molar-refractivity contribution in [3.05, 3.63) is 12.2 Å². The van der Waals surface area contributed by atoms with Gasteiger partial charge in [-0.3, -0.25) is 9.36 Å². The van der Waals surface area contributed by atoms with Gasteiger partial charge in [0.05, 0.1) is 19.3 Å². The zero-order chi connectivity index (χ0) is 14.3. The molecule has 0 spiro atoms. The fraction of sp³-hybridized carbons (Fsp3) is 0.750. The molecule has 0 fully saturated rings. The van der Waals surface area contributed by atoms with E-state index >= 15 is 0 Å². The Morgan fingerprint density at radius 2 is 1.79 bits per heavy atom. The molecule has 0 aromatic carbocycles. The molecule has 19 heavy (non-hydrogen) atoms. The number of rotatable bonds is 8. The third-order valence-corrected chi connectivity index (χ3v) is 4.19. The summed E-state index contributed by atoms with van der Waals surface area (Å²) in [6.45, 7) is 5.46. The van der Waals surface area contributed by atoms with Crippen molar-refractivity contribution >= 4 is 13.6 Å². The van der Waals surface area contributed by atoms with Gasteiger partial charge in [0.15, 0.2) is 0 Å². The number of hydrogen-bond donors (Lipinski definition) is 0. The second-order valence-electron chi connectivity index (χ2n) is 4.05. The molecule has 1 aliphatic rings. The van der Waals surface area contributed by atoms with Crippen molar-refractivity contribution < 1.29 is 27.9 Å². The summed E-state index contributed by atoms with van der Waals surface area (Å²) in [5.41, 5.74) is 0. The maximum Gasteiger partial charge on any atom is 0.356 e. The highest BCUT2D eigenvalue weighted by Gasteiger charge is 2.28. The van der Waals surface area contributed by atoms with Gasteiger partial charge in [-0.15, -0.1) is 0 Å². The van der Waals surface area contributed by atoms with Crippen molar-refractivity contribution in [2.24, 2.45) is 0 Å². The lowest BCUT2D eigenvalue weighted by Gasteiger charge is -2.19. The van der Waals surface area contributed by atoms with E-state index in [4.69, 9.17) is 18.5 Å². The third kappa shape index (κ3) is 5.87. The van der Waals surface area contributed by atoms with E-state index in [1.165, 1.54) is 6.92 Å². The van der Waals surface area contributed by atoms with Crippen molar-refractivity contribution in [1.29, 1.82) is 0 Å². The fourth-order valence-corrected chi connectivity index (χ4v) is 3.13. The van der Waals surface area contributed by atoms with Crippen LogP contribution in [0.15, 0.2) is 12.2 Å². The molecule has 0 radical (unpaired) electrons. The molecule has 1 rings (SSSR count). The van der Waals surface area contributed by atoms with Crippen LogP contribution >= 0.6 is 7.60 Å². The number of carbonyl (C=O) groups is 1. The summed E-state index contributed by atoms with van der Waals surface area (Å²) >= 11 is 0. The lowest BCUT2D eigenvalue weighted by Crippen LogP contribution is -2.17. The lowest BCUT2D eigenvalue weighted by atomic mass is 10.3. The minimum Gasteiger partial charge on any atom is -0.458 e. The maximum absolute atomic E-state index is 12.2. The standard InChI is InChI=1S/C12H21O6P/c1-4-16-19(14,17-5-2)9-15-11-6-7-12(8-11)18-10(3)13/h6-7,11-12H,4-5,8-9H2,1-3H3/t11-,12+/m0/s1. The van der Waals surface area contributed by atoms with Crippen LogP contribution in [0.4, 0.5) is 0 Å². The topological polar surface area (TPSA) is 71.1 Å². The average molecular weight is 292 g/mol. The van der Waals surface area contributed by atoms with Crippen molar-refractivity contribution in [2.45, 2.75) is 39.4 Å². The number of carbonyl (C=O) groups excluding carboxylic acids is 1. The molecule has 6 nitrogen and oxygen atoms in total. The predicted octanol–water partition coefficient (Wildman–Crippen LogP) is 2.49. The number of hydrogen-bond acceptors (Lipinski definition) is 6. The first kappa shape index (κ1) is 16.4. The highest BCUT2D eigenvalue weighted by molar-refractivity contribution is 7.53. The van der Waals surface area contributed by atoms with Gasteiger partial charge in [-0.05, 0) is 19.9 Å². The molecular weight excluding hydrogens is 271 g/mol. The zero-order valence-corrected chi connectivity index (χ0v) is 12.4. The third-order valence-electron chi connectivity index (χ3n) is 2.42. The molecule has 0 heterocycles. The van der Waals surface area contributed by atoms with E-state index in [1.54, 1.807) is 26.0 Å². The quantitative estimate of drug-likeness (QED) is 0.389. The van der Waals surface area contributed by atoms with Crippen LogP contribution in [0.3, 0.4) is 0 Å². The normalized spacial score (nSPS) is 22.7. The molecule has 2 atom stereocenters. The van der Waals surface area contributed by atoms with Crippen LogP contribution in [-0.4, -0.2) is 37.7 Å². The maximum atomic E-state index is 12.2. The minimum atomic E-state index is -3.18. The predicted molar refractivity (Wildman–Crippen MR) is 69.9 cm³/mol. The van der Waals surface area contributed by atoms with E-state index in [9.17, 15) is 9.36 Å². The van der Waals surface area contributed by atoms with Crippen LogP contribution in [-0.2, 0) is 27.9 Å². The first-order chi connectivity index (χ1) is 8.99. The molecule has 0 aromatic heterocycles. The Kier molecular flexibility index (Phi) is 6.72. The van der Waals surface area contributed by atoms with Crippen molar-refractivity contribution in [3.8, 4) is 0 Å². The smallest absolute Gasteiger partial charge is 0.356 e. The molecule has 0 bridgehead atoms. The fourth-order valence-electron chi connectivity index (χ4n) is 1.75. The second-order valence-corrected chi connectivity index (χ2v) is 6.05. The highest BCUT2D eigenvalue weighted by Crippen LogP contribution is 2.48. The summed E-state index contributed by atoms with van der Waals surface area (Å²) < 4.78 is 32.9. The summed E-state index contributed by atoms with van der Waals surface area (Å²) in [4.78, 5) is 10.8. The van der Waals surface area contributed by atoms with Gasteiger partial charge in [-0.25, -0.2) is 0 Å². The molecule has 0 saturated heterocycles. The Morgan fingerprint density at radius 3 is 2.32 bits per heavy atom. The van der Waals surface area contributed by atoms with Gasteiger partial charge in [0, 0.05) is 13.3 Å². The molecule has 7 heteroatoms. The Balaban J connectivity index is 2.38. The molecular formula is C12H21O6P. The summed E-state index contributed by atoms with van der Waals surface area (Å²) in [6, 6.07) is 0. The largest absolute Gasteiger partial charge is 0.458 e. The lowest BCUT2D eigenvalue weighted by molar-refractivity contribution is -0.144. The molecule has 0 aliphatic heterocycles. The van der Waals surface area contributed by atoms with Gasteiger partial charge in [0.1, 0.15) is 12.5 Å². The van der Waals surface area contributed by atoms with Gasteiger partial charge < -0.3 is 18.5 Å². The average Bonchev–Trinajstić information content (AvgIpc) is 2.74. The Morgan fingerprint density at radius 1 is 1.21 bits per heavy atom. The van der Waals surface area contributed by atoms with Crippen molar-refractivity contribution in [1.82, 2.24) is 0 Å². The molecule has 0 unspecified atom stereocenters. The molecule has 110 valence electrons. The summed E-state index contributed by atoms with van der Waals surface area (Å²) in [6.07, 6.45) is 3.46. The first-order valence-electron chi connectivity index (χ1n) is 6.34. The van der Waals surface area contributed by atoms with E-state index in [0.717, 1.165) is 0 Å². The Bertz CT molecular complexity index is 357. The van der Waals surface area contributed by atoms with Crippen molar-refractivity contribution in [2.75, 3.05) is 19.6 Å². The highest BCUT2D eigenvalue weighted by atomic mass is 31.2. The van der Waals surface area contributed by atoms with Gasteiger partial charge in [0.2, 0.25) is 0 Å². The van der Waals surface area contributed by atoms with Gasteiger partial charge in [0.25, 0.3) is 0 Å². The van der Waals surface area contributed by atoms with Crippen molar-refractivity contribution in [3.63, 3.8) is 0 Å². The van der Waals surface area contributed by atoms with E-state index in [-0.39, 0.29) is 24.5 Å². The van der Waals surface area contributed by atoms with Crippen LogP contribution in [0.2, 0.25) is 0 Å². The molecule has 0 N–H and O–H groups in total. The Hall–Kier alpha value is -0.680. The molecule has 0 amide bonds. The molecule has 0 saturated carbocycles. The van der Waals surface area contributed by atoms with Gasteiger partial charge in [-0.1, -0.05) is 6.08 Å². The van der Waals surface area contributed by atoms with Crippen LogP contribution in [0.5, 0.6) is 0 Å². The van der Waals surface area contributed by atoms with Crippen LogP contribution in [0.25, 0.3) is 0 Å². The monoisotopic (exact) mass is 292 g/mol. The van der Waals surface area contributed by atoms with E-state index in [0.29, 0.717) is 19.6 Å². The van der Waals surface area contributed by atoms with Gasteiger partial charge >= 0.3 is 13.6 Å². The zero-order valence-electron chi connectivity index (χ0n) is 11.5. The SMILES string of the molecule is CCOP(=O)(CO[C@H]1C=C[C@@H](OC(C)=O)C1)OCC. The van der Waals surface area contributed by atoms with Crippen LogP contribution in [0.1, 0.15) is 27.2 Å². The number of esters is 1. The van der Waals surface area contributed by atoms with Crippen LogP contribution in [0, 0.1) is 0 Å². The molecule has 1 aliphatic carbocycles. The summed E-state index contributed by atoms with van der Waals surface area (Å²) in [7, 11) is -3.18. The first-order valence-corrected chi connectivity index (χ1v) is 8.07. The van der Waals surface area contributed by atoms with Crippen LogP contribution < -0.4 is 0 Å². The van der Waals surface area contributed by atoms with E-state index < -0.39 is 7.60 Å². The minimum absolute atomic E-state index is 0.101. The summed E-state index contributed by atoms with van der Waals surface area (Å²) in [5, 5.41) is 0. The number of ether oxygens (including phenoxy) is 2.